The number of hydrogen-bond acceptors (Lipinski definition) is 10. The Balaban J connectivity index is 2.69. The lowest BCUT2D eigenvalue weighted by molar-refractivity contribution is -0.345. The maximum atomic E-state index is 13.8. The van der Waals surface area contributed by atoms with Crippen LogP contribution in [0.15, 0.2) is 0 Å². The van der Waals surface area contributed by atoms with Crippen LogP contribution in [-0.2, 0) is 43.3 Å². The summed E-state index contributed by atoms with van der Waals surface area (Å²) in [5, 5.41) is 3.97. The summed E-state index contributed by atoms with van der Waals surface area (Å²) in [6.07, 6.45) is 20.5. The molecular weight excluding hydrogens is 662 g/mol. The van der Waals surface area contributed by atoms with Crippen LogP contribution in [0.3, 0.4) is 0 Å². The first-order valence-corrected chi connectivity index (χ1v) is 21.7. The number of unbranched alkanes of at least 4 members (excludes halogenated alkanes) is 7. The average molecular weight is 744 g/mol. The highest BCUT2D eigenvalue weighted by molar-refractivity contribution is 5.77. The molecule has 0 radical (unpaired) electrons. The van der Waals surface area contributed by atoms with Crippen LogP contribution in [0.5, 0.6) is 0 Å². The molecule has 52 heavy (non-hydrogen) atoms. The van der Waals surface area contributed by atoms with Crippen LogP contribution in [0.4, 0.5) is 0 Å². The first-order valence-electron chi connectivity index (χ1n) is 21.7. The molecule has 0 aromatic rings. The van der Waals surface area contributed by atoms with Crippen molar-refractivity contribution >= 4 is 11.9 Å². The van der Waals surface area contributed by atoms with Gasteiger partial charge >= 0.3 is 11.9 Å². The first kappa shape index (κ1) is 48.7. The van der Waals surface area contributed by atoms with Gasteiger partial charge in [0.25, 0.3) is 5.79 Å². The number of hydrogen-bond donors (Lipinski definition) is 1. The van der Waals surface area contributed by atoms with Crippen molar-refractivity contribution in [1.82, 2.24) is 5.32 Å². The highest BCUT2D eigenvalue weighted by Crippen LogP contribution is 2.31. The molecule has 0 aliphatic carbocycles. The van der Waals surface area contributed by atoms with Gasteiger partial charge in [0.2, 0.25) is 0 Å². The van der Waals surface area contributed by atoms with Gasteiger partial charge in [-0.25, -0.2) is 9.59 Å². The zero-order valence-electron chi connectivity index (χ0n) is 34.8. The topological polar surface area (TPSA) is 111 Å². The van der Waals surface area contributed by atoms with Gasteiger partial charge in [0.05, 0.1) is 12.2 Å². The summed E-state index contributed by atoms with van der Waals surface area (Å²) in [7, 11) is 0. The van der Waals surface area contributed by atoms with Crippen LogP contribution in [0, 0.1) is 0 Å². The molecule has 10 heteroatoms. The number of ether oxygens (including phenoxy) is 3. The summed E-state index contributed by atoms with van der Waals surface area (Å²) < 4.78 is 18.7. The van der Waals surface area contributed by atoms with Gasteiger partial charge in [0.1, 0.15) is 12.2 Å². The zero-order chi connectivity index (χ0) is 38.5. The van der Waals surface area contributed by atoms with Crippen molar-refractivity contribution in [2.45, 2.75) is 245 Å². The lowest BCUT2D eigenvalue weighted by Crippen LogP contribution is -2.50. The minimum absolute atomic E-state index is 0.0148. The van der Waals surface area contributed by atoms with E-state index in [0.717, 1.165) is 142 Å². The van der Waals surface area contributed by atoms with E-state index >= 15 is 0 Å². The van der Waals surface area contributed by atoms with E-state index in [4.69, 9.17) is 33.8 Å². The lowest BCUT2D eigenvalue weighted by atomic mass is 9.97. The molecule has 308 valence electrons. The van der Waals surface area contributed by atoms with Crippen molar-refractivity contribution in [2.75, 3.05) is 13.2 Å². The Morgan fingerprint density at radius 3 is 1.54 bits per heavy atom. The third kappa shape index (κ3) is 21.0. The minimum Gasteiger partial charge on any atom is -0.381 e. The largest absolute Gasteiger partial charge is 0.401 e. The monoisotopic (exact) mass is 744 g/mol. The van der Waals surface area contributed by atoms with Crippen molar-refractivity contribution < 1.29 is 43.3 Å². The summed E-state index contributed by atoms with van der Waals surface area (Å²) >= 11 is 0. The van der Waals surface area contributed by atoms with Gasteiger partial charge < -0.3 is 19.5 Å². The third-order valence-electron chi connectivity index (χ3n) is 10.6. The van der Waals surface area contributed by atoms with Crippen molar-refractivity contribution in [2.24, 2.45) is 0 Å². The molecule has 1 aliphatic rings. The molecule has 1 N–H and O–H groups in total. The molecule has 1 rings (SSSR count). The predicted octanol–water partition coefficient (Wildman–Crippen LogP) is 10.6. The fourth-order valence-corrected chi connectivity index (χ4v) is 6.78. The van der Waals surface area contributed by atoms with Crippen LogP contribution in [0.25, 0.3) is 0 Å². The van der Waals surface area contributed by atoms with Gasteiger partial charge in [-0.2, -0.15) is 9.78 Å². The quantitative estimate of drug-likeness (QED) is 0.0296. The molecule has 0 saturated carbocycles. The normalized spacial score (nSPS) is 14.9. The first-order chi connectivity index (χ1) is 25.2. The van der Waals surface area contributed by atoms with E-state index < -0.39 is 11.8 Å². The van der Waals surface area contributed by atoms with Crippen LogP contribution >= 0.6 is 0 Å². The van der Waals surface area contributed by atoms with Gasteiger partial charge in [-0.15, -0.1) is 0 Å². The number of nitrogens with one attached hydrogen (secondary N) is 1. The van der Waals surface area contributed by atoms with Gasteiger partial charge in [-0.1, -0.05) is 100 Å². The second-order valence-corrected chi connectivity index (χ2v) is 14.8. The Hall–Kier alpha value is -1.30. The maximum Gasteiger partial charge on any atom is 0.401 e. The summed E-state index contributed by atoms with van der Waals surface area (Å²) in [5.41, 5.74) is 0. The molecule has 1 saturated heterocycles. The Morgan fingerprint density at radius 2 is 1.04 bits per heavy atom. The molecule has 0 aromatic heterocycles. The van der Waals surface area contributed by atoms with E-state index in [9.17, 15) is 9.59 Å². The van der Waals surface area contributed by atoms with E-state index in [1.165, 1.54) is 6.42 Å². The second-order valence-electron chi connectivity index (χ2n) is 14.8. The summed E-state index contributed by atoms with van der Waals surface area (Å²) in [6, 6.07) is 0.998. The summed E-state index contributed by atoms with van der Waals surface area (Å²) in [6.45, 7) is 18.1. The third-order valence-corrected chi connectivity index (χ3v) is 10.6. The molecule has 10 nitrogen and oxygen atoms in total. The van der Waals surface area contributed by atoms with Crippen molar-refractivity contribution in [3.8, 4) is 0 Å². The molecule has 1 heterocycles. The molecule has 0 aromatic carbocycles. The lowest BCUT2D eigenvalue weighted by Gasteiger charge is -2.37. The van der Waals surface area contributed by atoms with Crippen LogP contribution in [-0.4, -0.2) is 67.4 Å². The Bertz CT molecular complexity index is 838. The van der Waals surface area contributed by atoms with Crippen molar-refractivity contribution in [3.05, 3.63) is 0 Å². The van der Waals surface area contributed by atoms with Crippen LogP contribution in [0.2, 0.25) is 0 Å². The SMILES string of the molecule is CCC(CC)OOC(=O)CCCCCCCC(CCCCCCC(OC(CC)CC)(OC(CC)CC)C(=O)OOC(CC)CC)NC1CCOCC1. The summed E-state index contributed by atoms with van der Waals surface area (Å²) in [4.78, 5) is 47.1. The molecule has 1 fully saturated rings. The predicted molar refractivity (Wildman–Crippen MR) is 208 cm³/mol. The molecule has 0 bridgehead atoms. The standard InChI is InChI=1S/C42H81NO9/c1-9-36(10-2)47-42(48-37(11-3)12-4,41(45)52-50-39(15-7)16-8)31-25-21-20-23-27-34(43-35-29-32-46-33-30-35)26-22-18-17-19-24-28-40(44)51-49-38(13-5)14-6/h34-39,43H,9-33H2,1-8H3. The molecule has 1 aliphatic heterocycles. The Morgan fingerprint density at radius 1 is 0.596 bits per heavy atom. The van der Waals surface area contributed by atoms with E-state index in [-0.39, 0.29) is 30.4 Å². The zero-order valence-corrected chi connectivity index (χ0v) is 34.8. The van der Waals surface area contributed by atoms with Gasteiger partial charge in [0.15, 0.2) is 0 Å². The molecule has 1 unspecified atom stereocenters. The van der Waals surface area contributed by atoms with Gasteiger partial charge in [-0.05, 0) is 89.9 Å². The molecular formula is C42H81NO9. The molecule has 0 amide bonds. The summed E-state index contributed by atoms with van der Waals surface area (Å²) in [5.74, 6) is -2.31. The van der Waals surface area contributed by atoms with E-state index in [1.807, 2.05) is 27.7 Å². The molecule has 0 spiro atoms. The van der Waals surface area contributed by atoms with E-state index in [2.05, 4.69) is 33.0 Å². The number of carbonyl (C=O) groups excluding carboxylic acids is 2. The number of carbonyl (C=O) groups is 2. The Labute approximate surface area is 318 Å². The fourth-order valence-electron chi connectivity index (χ4n) is 6.78. The minimum atomic E-state index is -1.48. The number of rotatable bonds is 34. The average Bonchev–Trinajstić information content (AvgIpc) is 3.17. The Kier molecular flexibility index (Phi) is 29.0. The van der Waals surface area contributed by atoms with Crippen molar-refractivity contribution in [3.63, 3.8) is 0 Å². The van der Waals surface area contributed by atoms with Crippen LogP contribution < -0.4 is 5.32 Å². The highest BCUT2D eigenvalue weighted by atomic mass is 17.2. The smallest absolute Gasteiger partial charge is 0.381 e. The van der Waals surface area contributed by atoms with Gasteiger partial charge in [0, 0.05) is 38.1 Å². The molecule has 1 atom stereocenters. The van der Waals surface area contributed by atoms with E-state index in [0.29, 0.717) is 24.9 Å². The second kappa shape index (κ2) is 31.0. The van der Waals surface area contributed by atoms with Gasteiger partial charge in [-0.3, -0.25) is 9.78 Å². The van der Waals surface area contributed by atoms with Crippen molar-refractivity contribution in [1.29, 1.82) is 0 Å². The van der Waals surface area contributed by atoms with Crippen LogP contribution in [0.1, 0.15) is 203 Å². The maximum absolute atomic E-state index is 13.8. The fraction of sp³-hybridized carbons (Fsp3) is 0.952. The van der Waals surface area contributed by atoms with E-state index in [1.54, 1.807) is 0 Å². The highest BCUT2D eigenvalue weighted by Gasteiger charge is 2.46.